The molecule has 4 N–H and O–H groups in total. The number of methoxy groups -OCH3 is 1. The van der Waals surface area contributed by atoms with Crippen LogP contribution in [-0.4, -0.2) is 77.2 Å². The van der Waals surface area contributed by atoms with Crippen molar-refractivity contribution in [2.75, 3.05) is 20.2 Å². The van der Waals surface area contributed by atoms with Gasteiger partial charge in [-0.2, -0.15) is 10.6 Å². The van der Waals surface area contributed by atoms with Crippen molar-refractivity contribution in [3.8, 4) is 0 Å². The number of alkyl carbamates (subject to hydrolysis) is 1. The van der Waals surface area contributed by atoms with Crippen molar-refractivity contribution in [3.05, 3.63) is 0 Å². The molecule has 1 rings (SSSR count). The highest BCUT2D eigenvalue weighted by atomic mass is 16.6. The monoisotopic (exact) mass is 432 g/mol. The molecule has 1 aliphatic heterocycles. The van der Waals surface area contributed by atoms with Crippen molar-refractivity contribution in [1.82, 2.24) is 5.32 Å². The summed E-state index contributed by atoms with van der Waals surface area (Å²) in [5.41, 5.74) is -1.59. The minimum absolute atomic E-state index is 0.106. The predicted molar refractivity (Wildman–Crippen MR) is 105 cm³/mol. The Bertz CT molecular complexity index is 682. The second-order valence-corrected chi connectivity index (χ2v) is 9.37. The van der Waals surface area contributed by atoms with Crippen LogP contribution in [0.3, 0.4) is 0 Å². The molecule has 1 heterocycles. The maximum Gasteiger partial charge on any atom is 0.537 e. The van der Waals surface area contributed by atoms with E-state index in [0.29, 0.717) is 0 Å². The van der Waals surface area contributed by atoms with Gasteiger partial charge in [0, 0.05) is 6.42 Å². The first kappa shape index (κ1) is 25.8. The first-order valence-electron chi connectivity index (χ1n) is 9.66. The Kier molecular flexibility index (Phi) is 7.97. The van der Waals surface area contributed by atoms with Gasteiger partial charge in [-0.1, -0.05) is 0 Å². The molecule has 0 aromatic heterocycles. The van der Waals surface area contributed by atoms with Crippen LogP contribution in [0.25, 0.3) is 0 Å². The number of carbonyl (C=O) groups excluding carboxylic acids is 4. The van der Waals surface area contributed by atoms with Gasteiger partial charge in [0.05, 0.1) is 19.6 Å². The fourth-order valence-electron chi connectivity index (χ4n) is 3.07. The Morgan fingerprint density at radius 3 is 2.10 bits per heavy atom. The minimum atomic E-state index is -1.56. The minimum Gasteiger partial charge on any atom is -0.465 e. The molecule has 0 unspecified atom stereocenters. The van der Waals surface area contributed by atoms with Crippen LogP contribution >= 0.6 is 0 Å². The van der Waals surface area contributed by atoms with E-state index in [2.05, 4.69) is 5.32 Å². The van der Waals surface area contributed by atoms with E-state index in [1.165, 1.54) is 0 Å². The standard InChI is InChI=1S/C19H33N3O8/c1-18(2,3)29-16(26)21-9-13(23)14(24)11-8-12(15(25)28-7)22(20,10-11)17(27)30-19(4,5)6/h11-13,23H,8-10,20H2,1-7H3/p+1/t11-,12+,13+,22-/m1/s1. The van der Waals surface area contributed by atoms with Crippen LogP contribution in [0.15, 0.2) is 0 Å². The Morgan fingerprint density at radius 2 is 1.63 bits per heavy atom. The molecule has 0 bridgehead atoms. The lowest BCUT2D eigenvalue weighted by Gasteiger charge is -2.31. The number of ketones is 1. The first-order valence-corrected chi connectivity index (χ1v) is 9.66. The van der Waals surface area contributed by atoms with Crippen LogP contribution in [0.1, 0.15) is 48.0 Å². The van der Waals surface area contributed by atoms with Crippen LogP contribution in [0.5, 0.6) is 0 Å². The third-order valence-corrected chi connectivity index (χ3v) is 4.36. The number of rotatable bonds is 5. The summed E-state index contributed by atoms with van der Waals surface area (Å²) in [6.07, 6.45) is -3.34. The van der Waals surface area contributed by atoms with Gasteiger partial charge in [-0.25, -0.2) is 9.59 Å². The Balaban J connectivity index is 2.89. The SMILES string of the molecule is COC(=O)[C@@H]1C[C@@H](C(=O)[C@@H](O)CNC(=O)OC(C)(C)C)C[N@+]1(N)C(=O)OC(C)(C)C. The van der Waals surface area contributed by atoms with E-state index in [1.807, 2.05) is 0 Å². The summed E-state index contributed by atoms with van der Waals surface area (Å²) in [5.74, 6) is 3.85. The van der Waals surface area contributed by atoms with Gasteiger partial charge in [0.25, 0.3) is 0 Å². The molecule has 0 aromatic carbocycles. The molecule has 0 spiro atoms. The summed E-state index contributed by atoms with van der Waals surface area (Å²) >= 11 is 0. The lowest BCUT2D eigenvalue weighted by atomic mass is 9.96. The highest BCUT2D eigenvalue weighted by Crippen LogP contribution is 2.32. The second kappa shape index (κ2) is 9.27. The third-order valence-electron chi connectivity index (χ3n) is 4.36. The number of ether oxygens (including phenoxy) is 3. The lowest BCUT2D eigenvalue weighted by molar-refractivity contribution is -0.875. The number of nitrogens with one attached hydrogen (secondary N) is 1. The first-order chi connectivity index (χ1) is 13.5. The number of nitrogens with two attached hydrogens (primary N) is 1. The number of hydrogen-bond donors (Lipinski definition) is 3. The molecule has 0 aromatic rings. The molecular weight excluding hydrogens is 398 g/mol. The molecule has 11 nitrogen and oxygen atoms in total. The highest BCUT2D eigenvalue weighted by Gasteiger charge is 2.59. The van der Waals surface area contributed by atoms with Gasteiger partial charge in [-0.05, 0) is 41.5 Å². The summed E-state index contributed by atoms with van der Waals surface area (Å²) in [4.78, 5) is 49.3. The van der Waals surface area contributed by atoms with Gasteiger partial charge in [-0.15, -0.1) is 4.59 Å². The zero-order valence-corrected chi connectivity index (χ0v) is 18.7. The summed E-state index contributed by atoms with van der Waals surface area (Å²) < 4.78 is 14.1. The van der Waals surface area contributed by atoms with Crippen LogP contribution in [0.4, 0.5) is 9.59 Å². The van der Waals surface area contributed by atoms with Crippen LogP contribution in [-0.2, 0) is 23.8 Å². The number of aliphatic hydroxyl groups excluding tert-OH is 1. The molecule has 1 fully saturated rings. The van der Waals surface area contributed by atoms with E-state index in [4.69, 9.17) is 20.1 Å². The lowest BCUT2D eigenvalue weighted by Crippen LogP contribution is -2.65. The molecule has 1 saturated heterocycles. The van der Waals surface area contributed by atoms with Crippen molar-refractivity contribution < 1.29 is 43.1 Å². The van der Waals surface area contributed by atoms with Gasteiger partial charge in [0.15, 0.2) is 5.78 Å². The molecule has 0 aliphatic carbocycles. The molecule has 4 atom stereocenters. The molecule has 172 valence electrons. The Hall–Kier alpha value is -2.24. The van der Waals surface area contributed by atoms with Crippen LogP contribution in [0, 0.1) is 5.92 Å². The van der Waals surface area contributed by atoms with Crippen LogP contribution < -0.4 is 11.2 Å². The van der Waals surface area contributed by atoms with E-state index in [1.54, 1.807) is 41.5 Å². The fourth-order valence-corrected chi connectivity index (χ4v) is 3.07. The van der Waals surface area contributed by atoms with Crippen molar-refractivity contribution in [2.45, 2.75) is 71.3 Å². The van der Waals surface area contributed by atoms with Crippen molar-refractivity contribution in [2.24, 2.45) is 11.8 Å². The number of hydrogen-bond acceptors (Lipinski definition) is 9. The fraction of sp³-hybridized carbons (Fsp3) is 0.789. The second-order valence-electron chi connectivity index (χ2n) is 9.37. The number of likely N-dealkylation sites (tertiary alicyclic amines) is 1. The molecule has 0 radical (unpaired) electrons. The summed E-state index contributed by atoms with van der Waals surface area (Å²) in [5, 5.41) is 12.5. The number of aliphatic hydroxyl groups is 1. The molecule has 0 saturated carbocycles. The average Bonchev–Trinajstić information content (AvgIpc) is 2.94. The van der Waals surface area contributed by atoms with Crippen LogP contribution in [0.2, 0.25) is 0 Å². The molecule has 2 amide bonds. The topological polar surface area (TPSA) is 154 Å². The smallest absolute Gasteiger partial charge is 0.465 e. The molecule has 1 aliphatic rings. The average molecular weight is 432 g/mol. The van der Waals surface area contributed by atoms with E-state index < -0.39 is 57.8 Å². The number of carbonyl (C=O) groups is 4. The van der Waals surface area contributed by atoms with E-state index in [-0.39, 0.29) is 19.5 Å². The Labute approximate surface area is 176 Å². The highest BCUT2D eigenvalue weighted by molar-refractivity contribution is 5.88. The molecular formula is C19H34N3O8+. The van der Waals surface area contributed by atoms with Crippen molar-refractivity contribution in [3.63, 3.8) is 0 Å². The zero-order chi connectivity index (χ0) is 23.5. The van der Waals surface area contributed by atoms with E-state index >= 15 is 0 Å². The quantitative estimate of drug-likeness (QED) is 0.186. The number of nitrogens with zero attached hydrogens (tertiary/aromatic N) is 1. The Morgan fingerprint density at radius 1 is 1.10 bits per heavy atom. The maximum absolute atomic E-state index is 12.7. The van der Waals surface area contributed by atoms with Crippen molar-refractivity contribution >= 4 is 23.9 Å². The predicted octanol–water partition coefficient (Wildman–Crippen LogP) is 0.628. The zero-order valence-electron chi connectivity index (χ0n) is 18.7. The summed E-state index contributed by atoms with van der Waals surface area (Å²) in [6.45, 7) is 9.33. The molecule has 11 heteroatoms. The largest absolute Gasteiger partial charge is 0.537 e. The number of amides is 2. The van der Waals surface area contributed by atoms with Gasteiger partial charge < -0.3 is 24.6 Å². The van der Waals surface area contributed by atoms with E-state index in [9.17, 15) is 24.3 Å². The van der Waals surface area contributed by atoms with Gasteiger partial charge in [0.1, 0.15) is 23.9 Å². The molecule has 30 heavy (non-hydrogen) atoms. The number of Topliss-reactive ketones (excluding diaryl/α,β-unsaturated/α-hetero) is 1. The van der Waals surface area contributed by atoms with E-state index in [0.717, 1.165) is 7.11 Å². The number of esters is 1. The third kappa shape index (κ3) is 6.92. The summed E-state index contributed by atoms with van der Waals surface area (Å²) in [7, 11) is 1.15. The van der Waals surface area contributed by atoms with Gasteiger partial charge in [0.2, 0.25) is 6.04 Å². The van der Waals surface area contributed by atoms with Gasteiger partial charge >= 0.3 is 18.2 Å². The van der Waals surface area contributed by atoms with Crippen molar-refractivity contribution in [1.29, 1.82) is 0 Å². The van der Waals surface area contributed by atoms with Gasteiger partial charge in [-0.3, -0.25) is 4.79 Å². The maximum atomic E-state index is 12.7. The normalized spacial score (nSPS) is 25.2. The summed E-state index contributed by atoms with van der Waals surface area (Å²) in [6, 6.07) is -1.16. The number of quaternary nitrogens is 1.